The van der Waals surface area contributed by atoms with E-state index in [0.717, 1.165) is 18.5 Å². The first-order chi connectivity index (χ1) is 9.32. The van der Waals surface area contributed by atoms with Gasteiger partial charge in [0, 0.05) is 12.1 Å². The summed E-state index contributed by atoms with van der Waals surface area (Å²) < 4.78 is 5.16. The second-order valence-corrected chi connectivity index (χ2v) is 6.13. The summed E-state index contributed by atoms with van der Waals surface area (Å²) in [6.07, 6.45) is 3.16. The van der Waals surface area contributed by atoms with Gasteiger partial charge < -0.3 is 15.8 Å². The van der Waals surface area contributed by atoms with E-state index in [4.69, 9.17) is 10.5 Å². The first-order valence-corrected chi connectivity index (χ1v) is 6.80. The van der Waals surface area contributed by atoms with Crippen molar-refractivity contribution >= 4 is 17.6 Å². The molecule has 110 valence electrons. The Morgan fingerprint density at radius 3 is 2.60 bits per heavy atom. The van der Waals surface area contributed by atoms with Crippen molar-refractivity contribution in [3.8, 4) is 0 Å². The van der Waals surface area contributed by atoms with E-state index in [1.807, 2.05) is 26.8 Å². The molecule has 6 heteroatoms. The van der Waals surface area contributed by atoms with E-state index in [1.165, 1.54) is 0 Å². The van der Waals surface area contributed by atoms with Gasteiger partial charge >= 0.3 is 6.09 Å². The molecule has 0 aromatic carbocycles. The first-order valence-electron chi connectivity index (χ1n) is 6.80. The Bertz CT molecular complexity index is 461. The van der Waals surface area contributed by atoms with E-state index in [9.17, 15) is 4.79 Å². The van der Waals surface area contributed by atoms with Crippen molar-refractivity contribution in [3.05, 3.63) is 18.3 Å². The van der Waals surface area contributed by atoms with Gasteiger partial charge in [0.1, 0.15) is 11.4 Å². The molecule has 0 atom stereocenters. The predicted molar refractivity (Wildman–Crippen MR) is 78.7 cm³/mol. The van der Waals surface area contributed by atoms with Gasteiger partial charge in [-0.25, -0.2) is 9.78 Å². The quantitative estimate of drug-likeness (QED) is 0.789. The molecule has 1 aromatic heterocycles. The zero-order valence-corrected chi connectivity index (χ0v) is 12.1. The van der Waals surface area contributed by atoms with Crippen LogP contribution in [0.1, 0.15) is 33.6 Å². The largest absolute Gasteiger partial charge is 0.444 e. The molecule has 0 unspecified atom stereocenters. The lowest BCUT2D eigenvalue weighted by Crippen LogP contribution is -2.44. The van der Waals surface area contributed by atoms with Gasteiger partial charge in [-0.2, -0.15) is 0 Å². The summed E-state index contributed by atoms with van der Waals surface area (Å²) in [4.78, 5) is 15.8. The maximum atomic E-state index is 11.6. The minimum absolute atomic E-state index is 0.313. The van der Waals surface area contributed by atoms with Crippen LogP contribution in [0.5, 0.6) is 0 Å². The molecule has 2 rings (SSSR count). The minimum Gasteiger partial charge on any atom is -0.444 e. The lowest BCUT2D eigenvalue weighted by molar-refractivity contribution is 0.0635. The number of nitrogens with two attached hydrogens (primary N) is 1. The van der Waals surface area contributed by atoms with Crippen molar-refractivity contribution in [2.24, 2.45) is 5.73 Å². The maximum absolute atomic E-state index is 11.6. The lowest BCUT2D eigenvalue weighted by Gasteiger charge is -2.33. The number of anilines is 2. The highest BCUT2D eigenvalue weighted by Gasteiger charge is 2.25. The van der Waals surface area contributed by atoms with Crippen LogP contribution < -0.4 is 16.4 Å². The summed E-state index contributed by atoms with van der Waals surface area (Å²) in [5.74, 6) is 0.468. The molecule has 1 aromatic rings. The van der Waals surface area contributed by atoms with Gasteiger partial charge in [-0.3, -0.25) is 5.32 Å². The molecule has 20 heavy (non-hydrogen) atoms. The highest BCUT2D eigenvalue weighted by molar-refractivity contribution is 5.83. The van der Waals surface area contributed by atoms with Gasteiger partial charge in [0.05, 0.1) is 11.9 Å². The Kier molecular flexibility index (Phi) is 4.13. The summed E-state index contributed by atoms with van der Waals surface area (Å²) in [6, 6.07) is 4.36. The standard InChI is InChI=1S/C14H22N4O2/c1-14(2,3)20-13(19)18-12-5-4-10(8-16-12)17-11-6-9(15)7-11/h4-5,8-9,11,17H,6-7,15H2,1-3H3,(H,16,18,19). The number of nitrogens with one attached hydrogen (secondary N) is 2. The fraction of sp³-hybridized carbons (Fsp3) is 0.571. The van der Waals surface area contributed by atoms with E-state index in [-0.39, 0.29) is 0 Å². The maximum Gasteiger partial charge on any atom is 0.413 e. The molecule has 0 bridgehead atoms. The average Bonchev–Trinajstić information content (AvgIpc) is 2.27. The topological polar surface area (TPSA) is 89.3 Å². The van der Waals surface area contributed by atoms with Crippen LogP contribution in [-0.4, -0.2) is 28.8 Å². The zero-order valence-electron chi connectivity index (χ0n) is 12.1. The van der Waals surface area contributed by atoms with E-state index in [1.54, 1.807) is 12.3 Å². The molecule has 4 N–H and O–H groups in total. The van der Waals surface area contributed by atoms with Crippen LogP contribution >= 0.6 is 0 Å². The number of rotatable bonds is 3. The zero-order chi connectivity index (χ0) is 14.8. The number of ether oxygens (including phenoxy) is 1. The van der Waals surface area contributed by atoms with Gasteiger partial charge in [0.25, 0.3) is 0 Å². The Morgan fingerprint density at radius 1 is 1.40 bits per heavy atom. The monoisotopic (exact) mass is 278 g/mol. The molecule has 1 aliphatic carbocycles. The van der Waals surface area contributed by atoms with Crippen molar-refractivity contribution < 1.29 is 9.53 Å². The van der Waals surface area contributed by atoms with Gasteiger partial charge in [0.15, 0.2) is 0 Å². The van der Waals surface area contributed by atoms with Crippen LogP contribution in [0, 0.1) is 0 Å². The Morgan fingerprint density at radius 2 is 2.10 bits per heavy atom. The van der Waals surface area contributed by atoms with Crippen LogP contribution in [0.3, 0.4) is 0 Å². The molecule has 0 spiro atoms. The van der Waals surface area contributed by atoms with Crippen molar-refractivity contribution in [2.45, 2.75) is 51.3 Å². The minimum atomic E-state index is -0.519. The fourth-order valence-electron chi connectivity index (χ4n) is 1.98. The SMILES string of the molecule is CC(C)(C)OC(=O)Nc1ccc(NC2CC(N)C2)cn1. The Hall–Kier alpha value is -1.82. The second-order valence-electron chi connectivity index (χ2n) is 6.13. The number of nitrogens with zero attached hydrogens (tertiary/aromatic N) is 1. The summed E-state index contributed by atoms with van der Waals surface area (Å²) in [6.45, 7) is 5.45. The molecule has 1 fully saturated rings. The van der Waals surface area contributed by atoms with Crippen molar-refractivity contribution in [1.82, 2.24) is 4.98 Å². The van der Waals surface area contributed by atoms with Crippen LogP contribution in [-0.2, 0) is 4.74 Å². The third-order valence-electron chi connectivity index (χ3n) is 2.94. The molecular formula is C14H22N4O2. The summed E-state index contributed by atoms with van der Waals surface area (Å²) in [5.41, 5.74) is 6.14. The highest BCUT2D eigenvalue weighted by atomic mass is 16.6. The van der Waals surface area contributed by atoms with Crippen LogP contribution in [0.25, 0.3) is 0 Å². The number of carbonyl (C=O) groups excluding carboxylic acids is 1. The summed E-state index contributed by atoms with van der Waals surface area (Å²) in [5, 5.41) is 5.94. The highest BCUT2D eigenvalue weighted by Crippen LogP contribution is 2.22. The summed E-state index contributed by atoms with van der Waals surface area (Å²) in [7, 11) is 0. The van der Waals surface area contributed by atoms with Gasteiger partial charge in [-0.1, -0.05) is 0 Å². The normalized spacial score (nSPS) is 21.8. The molecular weight excluding hydrogens is 256 g/mol. The van der Waals surface area contributed by atoms with Crippen molar-refractivity contribution in [1.29, 1.82) is 0 Å². The predicted octanol–water partition coefficient (Wildman–Crippen LogP) is 2.33. The average molecular weight is 278 g/mol. The number of carbonyl (C=O) groups is 1. The fourth-order valence-corrected chi connectivity index (χ4v) is 1.98. The third kappa shape index (κ3) is 4.38. The van der Waals surface area contributed by atoms with E-state index >= 15 is 0 Å². The number of hydrogen-bond donors (Lipinski definition) is 3. The Balaban J connectivity index is 1.83. The molecule has 0 saturated heterocycles. The molecule has 0 radical (unpaired) electrons. The van der Waals surface area contributed by atoms with Gasteiger partial charge in [-0.15, -0.1) is 0 Å². The van der Waals surface area contributed by atoms with Crippen molar-refractivity contribution in [2.75, 3.05) is 10.6 Å². The van der Waals surface area contributed by atoms with Crippen LogP contribution in [0.2, 0.25) is 0 Å². The number of hydrogen-bond acceptors (Lipinski definition) is 5. The van der Waals surface area contributed by atoms with E-state index < -0.39 is 11.7 Å². The molecule has 6 nitrogen and oxygen atoms in total. The molecule has 1 saturated carbocycles. The molecule has 1 heterocycles. The van der Waals surface area contributed by atoms with Gasteiger partial charge in [-0.05, 0) is 45.7 Å². The smallest absolute Gasteiger partial charge is 0.413 e. The van der Waals surface area contributed by atoms with Crippen LogP contribution in [0.15, 0.2) is 18.3 Å². The lowest BCUT2D eigenvalue weighted by atomic mass is 9.87. The van der Waals surface area contributed by atoms with Gasteiger partial charge in [0.2, 0.25) is 0 Å². The van der Waals surface area contributed by atoms with E-state index in [0.29, 0.717) is 17.9 Å². The second kappa shape index (κ2) is 5.66. The van der Waals surface area contributed by atoms with Crippen molar-refractivity contribution in [3.63, 3.8) is 0 Å². The number of pyridine rings is 1. The Labute approximate surface area is 119 Å². The van der Waals surface area contributed by atoms with Crippen LogP contribution in [0.4, 0.5) is 16.3 Å². The number of aromatic nitrogens is 1. The molecule has 1 amide bonds. The molecule has 0 aliphatic heterocycles. The number of amides is 1. The van der Waals surface area contributed by atoms with E-state index in [2.05, 4.69) is 15.6 Å². The first kappa shape index (κ1) is 14.6. The molecule has 1 aliphatic rings. The summed E-state index contributed by atoms with van der Waals surface area (Å²) >= 11 is 0. The third-order valence-corrected chi connectivity index (χ3v) is 2.94.